The maximum absolute atomic E-state index is 13.0. The molecule has 0 spiro atoms. The number of aryl methyl sites for hydroxylation is 1. The molecule has 1 aliphatic heterocycles. The quantitative estimate of drug-likeness (QED) is 0.871. The minimum atomic E-state index is -1.03. The second kappa shape index (κ2) is 6.64. The molecular weight excluding hydrogens is 329 g/mol. The van der Waals surface area contributed by atoms with Crippen molar-refractivity contribution in [3.8, 4) is 5.69 Å². The summed E-state index contributed by atoms with van der Waals surface area (Å²) in [6.07, 6.45) is 0.792. The normalized spacial score (nSPS) is 20.5. The highest BCUT2D eigenvalue weighted by atomic mass is 19.1. The van der Waals surface area contributed by atoms with Gasteiger partial charge in [0.1, 0.15) is 5.82 Å². The lowest BCUT2D eigenvalue weighted by atomic mass is 9.95. The van der Waals surface area contributed by atoms with Crippen LogP contribution in [0.3, 0.4) is 0 Å². The van der Waals surface area contributed by atoms with Crippen molar-refractivity contribution < 1.29 is 24.2 Å². The van der Waals surface area contributed by atoms with Crippen LogP contribution in [-0.4, -0.2) is 56.0 Å². The molecule has 2 heterocycles. The van der Waals surface area contributed by atoms with E-state index in [1.54, 1.807) is 19.1 Å². The lowest BCUT2D eigenvalue weighted by Gasteiger charge is -2.33. The third kappa shape index (κ3) is 3.53. The van der Waals surface area contributed by atoms with Gasteiger partial charge in [-0.2, -0.15) is 5.10 Å². The van der Waals surface area contributed by atoms with Crippen LogP contribution in [0.5, 0.6) is 0 Å². The Balaban J connectivity index is 1.85. The van der Waals surface area contributed by atoms with E-state index in [4.69, 9.17) is 5.11 Å². The lowest BCUT2D eigenvalue weighted by molar-refractivity contribution is -0.144. The SMILES string of the molecule is Cc1nn(-c2ccc(F)cc2)cc1C(=O)N1CC(O)CC(C(=O)O)C1. The molecule has 1 aromatic carbocycles. The number of halogens is 1. The maximum atomic E-state index is 13.0. The molecule has 1 aliphatic rings. The molecule has 0 radical (unpaired) electrons. The Morgan fingerprint density at radius 1 is 1.24 bits per heavy atom. The van der Waals surface area contributed by atoms with Crippen LogP contribution in [0.15, 0.2) is 30.5 Å². The zero-order valence-electron chi connectivity index (χ0n) is 13.6. The monoisotopic (exact) mass is 347 g/mol. The Kier molecular flexibility index (Phi) is 4.54. The number of nitrogens with zero attached hydrogens (tertiary/aromatic N) is 3. The van der Waals surface area contributed by atoms with Crippen molar-refractivity contribution >= 4 is 11.9 Å². The molecule has 0 aliphatic carbocycles. The number of aliphatic hydroxyl groups excluding tert-OH is 1. The number of carbonyl (C=O) groups is 2. The van der Waals surface area contributed by atoms with E-state index in [9.17, 15) is 19.1 Å². The smallest absolute Gasteiger partial charge is 0.308 e. The average Bonchev–Trinajstić information content (AvgIpc) is 2.96. The molecule has 25 heavy (non-hydrogen) atoms. The van der Waals surface area contributed by atoms with E-state index in [1.165, 1.54) is 27.9 Å². The molecule has 2 unspecified atom stereocenters. The molecule has 132 valence electrons. The summed E-state index contributed by atoms with van der Waals surface area (Å²) in [6, 6.07) is 5.68. The van der Waals surface area contributed by atoms with Gasteiger partial charge >= 0.3 is 5.97 Å². The molecule has 0 bridgehead atoms. The number of aliphatic carboxylic acids is 1. The first-order chi connectivity index (χ1) is 11.8. The zero-order chi connectivity index (χ0) is 18.1. The first-order valence-electron chi connectivity index (χ1n) is 7.87. The zero-order valence-corrected chi connectivity index (χ0v) is 13.6. The van der Waals surface area contributed by atoms with Crippen molar-refractivity contribution in [2.75, 3.05) is 13.1 Å². The fraction of sp³-hybridized carbons (Fsp3) is 0.353. The number of piperidine rings is 1. The Morgan fingerprint density at radius 2 is 1.92 bits per heavy atom. The van der Waals surface area contributed by atoms with E-state index < -0.39 is 18.0 Å². The van der Waals surface area contributed by atoms with Crippen molar-refractivity contribution in [1.82, 2.24) is 14.7 Å². The van der Waals surface area contributed by atoms with E-state index >= 15 is 0 Å². The highest BCUT2D eigenvalue weighted by molar-refractivity contribution is 5.95. The van der Waals surface area contributed by atoms with Gasteiger partial charge in [0, 0.05) is 19.3 Å². The van der Waals surface area contributed by atoms with Crippen LogP contribution in [0, 0.1) is 18.7 Å². The average molecular weight is 347 g/mol. The molecule has 2 atom stereocenters. The van der Waals surface area contributed by atoms with Crippen LogP contribution < -0.4 is 0 Å². The summed E-state index contributed by atoms with van der Waals surface area (Å²) in [4.78, 5) is 25.3. The van der Waals surface area contributed by atoms with E-state index in [1.807, 2.05) is 0 Å². The fourth-order valence-electron chi connectivity index (χ4n) is 2.98. The Hall–Kier alpha value is -2.74. The molecule has 1 fully saturated rings. The summed E-state index contributed by atoms with van der Waals surface area (Å²) in [5.41, 5.74) is 1.40. The van der Waals surface area contributed by atoms with E-state index in [0.717, 1.165) is 0 Å². The van der Waals surface area contributed by atoms with Gasteiger partial charge in [-0.05, 0) is 37.6 Å². The van der Waals surface area contributed by atoms with Crippen molar-refractivity contribution in [2.45, 2.75) is 19.4 Å². The number of hydrogen-bond acceptors (Lipinski definition) is 4. The molecule has 2 N–H and O–H groups in total. The molecule has 0 saturated carbocycles. The second-order valence-electron chi connectivity index (χ2n) is 6.18. The molecule has 1 amide bonds. The Bertz CT molecular complexity index is 803. The summed E-state index contributed by atoms with van der Waals surface area (Å²) in [5.74, 6) is -2.57. The van der Waals surface area contributed by atoms with Crippen LogP contribution >= 0.6 is 0 Å². The third-order valence-electron chi connectivity index (χ3n) is 4.29. The van der Waals surface area contributed by atoms with E-state index in [-0.39, 0.29) is 31.2 Å². The highest BCUT2D eigenvalue weighted by Gasteiger charge is 2.34. The van der Waals surface area contributed by atoms with Gasteiger partial charge in [0.25, 0.3) is 5.91 Å². The Morgan fingerprint density at radius 3 is 2.56 bits per heavy atom. The van der Waals surface area contributed by atoms with Gasteiger partial charge in [-0.15, -0.1) is 0 Å². The van der Waals surface area contributed by atoms with Gasteiger partial charge in [0.2, 0.25) is 0 Å². The van der Waals surface area contributed by atoms with Crippen molar-refractivity contribution in [1.29, 1.82) is 0 Å². The number of likely N-dealkylation sites (tertiary alicyclic amines) is 1. The second-order valence-corrected chi connectivity index (χ2v) is 6.18. The number of β-amino-alcohol motifs (C(OH)–C–C–N with tert-alkyl or cyclic N) is 1. The van der Waals surface area contributed by atoms with Crippen LogP contribution in [0.2, 0.25) is 0 Å². The van der Waals surface area contributed by atoms with Gasteiger partial charge < -0.3 is 15.1 Å². The predicted molar refractivity (Wildman–Crippen MR) is 85.9 cm³/mol. The first-order valence-corrected chi connectivity index (χ1v) is 7.87. The number of amides is 1. The number of aromatic nitrogens is 2. The van der Waals surface area contributed by atoms with Gasteiger partial charge in [-0.3, -0.25) is 9.59 Å². The summed E-state index contributed by atoms with van der Waals surface area (Å²) >= 11 is 0. The largest absolute Gasteiger partial charge is 0.481 e. The molecule has 1 saturated heterocycles. The fourth-order valence-corrected chi connectivity index (χ4v) is 2.98. The highest BCUT2D eigenvalue weighted by Crippen LogP contribution is 2.21. The van der Waals surface area contributed by atoms with Crippen LogP contribution in [0.1, 0.15) is 22.5 Å². The number of aliphatic hydroxyl groups is 1. The number of carbonyl (C=O) groups excluding carboxylic acids is 1. The van der Waals surface area contributed by atoms with Gasteiger partial charge in [0.15, 0.2) is 0 Å². The lowest BCUT2D eigenvalue weighted by Crippen LogP contribution is -2.48. The topological polar surface area (TPSA) is 95.7 Å². The molecule has 8 heteroatoms. The summed E-state index contributed by atoms with van der Waals surface area (Å²) in [6.45, 7) is 1.80. The minimum Gasteiger partial charge on any atom is -0.481 e. The number of benzene rings is 1. The van der Waals surface area contributed by atoms with E-state index in [2.05, 4.69) is 5.10 Å². The molecule has 2 aromatic rings. The van der Waals surface area contributed by atoms with Gasteiger partial charge in [-0.1, -0.05) is 0 Å². The van der Waals surface area contributed by atoms with Crippen molar-refractivity contribution in [3.05, 3.63) is 47.5 Å². The van der Waals surface area contributed by atoms with Crippen molar-refractivity contribution in [3.63, 3.8) is 0 Å². The molecule has 3 rings (SSSR count). The summed E-state index contributed by atoms with van der Waals surface area (Å²) in [7, 11) is 0. The van der Waals surface area contributed by atoms with Crippen molar-refractivity contribution in [2.24, 2.45) is 5.92 Å². The number of hydrogen-bond donors (Lipinski definition) is 2. The summed E-state index contributed by atoms with van der Waals surface area (Å²) < 4.78 is 14.5. The van der Waals surface area contributed by atoms with Crippen LogP contribution in [0.25, 0.3) is 5.69 Å². The molecular formula is C17H18FN3O4. The van der Waals surface area contributed by atoms with E-state index in [0.29, 0.717) is 16.9 Å². The number of rotatable bonds is 3. The maximum Gasteiger partial charge on any atom is 0.308 e. The van der Waals surface area contributed by atoms with Gasteiger partial charge in [0.05, 0.1) is 29.0 Å². The first kappa shape index (κ1) is 17.1. The molecule has 1 aromatic heterocycles. The van der Waals surface area contributed by atoms with Crippen LogP contribution in [0.4, 0.5) is 4.39 Å². The number of carboxylic acid groups (broad SMARTS) is 1. The summed E-state index contributed by atoms with van der Waals surface area (Å²) in [5, 5.41) is 23.3. The van der Waals surface area contributed by atoms with Gasteiger partial charge in [-0.25, -0.2) is 9.07 Å². The predicted octanol–water partition coefficient (Wildman–Crippen LogP) is 1.23. The minimum absolute atomic E-state index is 0.0480. The molecule has 7 nitrogen and oxygen atoms in total. The number of carboxylic acids is 1. The standard InChI is InChI=1S/C17H18FN3O4/c1-10-15(9-21(19-10)13-4-2-12(18)3-5-13)16(23)20-7-11(17(24)25)6-14(22)8-20/h2-5,9,11,14,22H,6-8H2,1H3,(H,24,25). The Labute approximate surface area is 143 Å². The van der Waals surface area contributed by atoms with Crippen LogP contribution in [-0.2, 0) is 4.79 Å². The third-order valence-corrected chi connectivity index (χ3v) is 4.29.